The molecule has 2 aromatic heterocycles. The zero-order valence-electron chi connectivity index (χ0n) is 21.6. The van der Waals surface area contributed by atoms with Gasteiger partial charge >= 0.3 is 6.18 Å². The number of alkyl halides is 3. The van der Waals surface area contributed by atoms with Gasteiger partial charge < -0.3 is 28.9 Å². The molecule has 0 fully saturated rings. The molecule has 0 saturated carbocycles. The van der Waals surface area contributed by atoms with Crippen LogP contribution in [0.3, 0.4) is 0 Å². The largest absolute Gasteiger partial charge is 0.497 e. The van der Waals surface area contributed by atoms with E-state index in [9.17, 15) is 13.2 Å². The number of amidine groups is 1. The van der Waals surface area contributed by atoms with Crippen molar-refractivity contribution in [3.05, 3.63) is 77.5 Å². The zero-order valence-corrected chi connectivity index (χ0v) is 21.6. The topological polar surface area (TPSA) is 97.0 Å². The predicted octanol–water partition coefficient (Wildman–Crippen LogP) is 3.89. The van der Waals surface area contributed by atoms with E-state index in [-0.39, 0.29) is 6.61 Å². The average molecular weight is 555 g/mol. The van der Waals surface area contributed by atoms with Crippen LogP contribution in [-0.4, -0.2) is 65.0 Å². The van der Waals surface area contributed by atoms with Crippen LogP contribution in [0, 0.1) is 0 Å². The highest BCUT2D eigenvalue weighted by Gasteiger charge is 2.32. The molecule has 2 aromatic carbocycles. The van der Waals surface area contributed by atoms with Crippen molar-refractivity contribution in [1.82, 2.24) is 24.6 Å². The summed E-state index contributed by atoms with van der Waals surface area (Å²) < 4.78 is 56.8. The van der Waals surface area contributed by atoms with E-state index < -0.39 is 19.0 Å². The number of rotatable bonds is 8. The molecule has 1 atom stereocenters. The molecule has 4 heterocycles. The minimum Gasteiger partial charge on any atom is -0.497 e. The van der Waals surface area contributed by atoms with Gasteiger partial charge in [-0.2, -0.15) is 18.3 Å². The number of nitrogens with one attached hydrogen (secondary N) is 1. The summed E-state index contributed by atoms with van der Waals surface area (Å²) in [5.74, 6) is 1.79. The third-order valence-electron chi connectivity index (χ3n) is 6.68. The van der Waals surface area contributed by atoms with E-state index in [4.69, 9.17) is 24.1 Å². The number of nitrogens with zero attached hydrogens (tertiary/aromatic N) is 5. The van der Waals surface area contributed by atoms with Crippen molar-refractivity contribution in [2.75, 3.05) is 27.4 Å². The number of ether oxygens (including phenoxy) is 3. The minimum absolute atomic E-state index is 0.318. The molecule has 13 heteroatoms. The van der Waals surface area contributed by atoms with Gasteiger partial charge in [0.25, 0.3) is 0 Å². The van der Waals surface area contributed by atoms with E-state index in [1.165, 1.54) is 0 Å². The minimum atomic E-state index is -4.42. The van der Waals surface area contributed by atoms with Crippen molar-refractivity contribution in [2.24, 2.45) is 5.16 Å². The van der Waals surface area contributed by atoms with E-state index in [1.54, 1.807) is 20.5 Å². The number of aromatic nitrogens is 4. The molecule has 4 aromatic rings. The Hall–Kier alpha value is -4.52. The molecule has 1 unspecified atom stereocenters. The van der Waals surface area contributed by atoms with E-state index in [1.807, 2.05) is 57.9 Å². The Balaban J connectivity index is 1.33. The summed E-state index contributed by atoms with van der Waals surface area (Å²) in [5, 5.41) is 11.7. The van der Waals surface area contributed by atoms with E-state index in [0.717, 1.165) is 39.5 Å². The number of hydrogen-bond acceptors (Lipinski definition) is 8. The third kappa shape index (κ3) is 4.95. The summed E-state index contributed by atoms with van der Waals surface area (Å²) in [4.78, 5) is 9.86. The number of fused-ring (bicyclic) bond motifs is 5. The van der Waals surface area contributed by atoms with Gasteiger partial charge in [0.05, 0.1) is 44.0 Å². The molecule has 0 aliphatic carbocycles. The molecule has 2 aliphatic heterocycles. The molecule has 0 bridgehead atoms. The zero-order chi connectivity index (χ0) is 27.9. The van der Waals surface area contributed by atoms with Crippen molar-refractivity contribution < 1.29 is 32.2 Å². The predicted molar refractivity (Wildman–Crippen MR) is 138 cm³/mol. The van der Waals surface area contributed by atoms with E-state index >= 15 is 0 Å². The van der Waals surface area contributed by atoms with Gasteiger partial charge in [-0.3, -0.25) is 4.68 Å². The van der Waals surface area contributed by atoms with Gasteiger partial charge in [0.15, 0.2) is 5.84 Å². The quantitative estimate of drug-likeness (QED) is 0.311. The van der Waals surface area contributed by atoms with Crippen LogP contribution in [0.25, 0.3) is 16.9 Å². The lowest BCUT2D eigenvalue weighted by Crippen LogP contribution is -2.35. The second-order valence-electron chi connectivity index (χ2n) is 9.30. The number of halogens is 3. The van der Waals surface area contributed by atoms with Crippen molar-refractivity contribution in [3.63, 3.8) is 0 Å². The monoisotopic (exact) mass is 554 g/mol. The number of hydrogen-bond donors (Lipinski definition) is 1. The molecule has 208 valence electrons. The summed E-state index contributed by atoms with van der Waals surface area (Å²) in [6, 6.07) is 13.6. The molecule has 1 N–H and O–H groups in total. The summed E-state index contributed by atoms with van der Waals surface area (Å²) in [6.45, 7) is -1.15. The first kappa shape index (κ1) is 25.7. The van der Waals surface area contributed by atoms with Crippen molar-refractivity contribution in [3.8, 4) is 28.4 Å². The fourth-order valence-electron chi connectivity index (χ4n) is 4.85. The average Bonchev–Trinajstić information content (AvgIpc) is 3.66. The highest BCUT2D eigenvalue weighted by molar-refractivity contribution is 5.99. The second-order valence-corrected chi connectivity index (χ2v) is 9.30. The van der Waals surface area contributed by atoms with Crippen LogP contribution in [0.2, 0.25) is 0 Å². The normalized spacial score (nSPS) is 15.7. The standard InChI is InChI=1S/C27H25F3N6O4/c1-37-18-5-3-16(4-6-18)12-36-25-17(11-32-36)9-22-24(26-33-23(40-34-26)13-39-14-27(28,29)30)31-15-35(22)21-8-7-19(38-2)10-20(21)25/h3-8,10-11,15,23H,9,12-14H2,1-2H3,(H,33,34). The Labute approximate surface area is 226 Å². The lowest BCUT2D eigenvalue weighted by atomic mass is 10.0. The number of oxime groups is 1. The summed E-state index contributed by atoms with van der Waals surface area (Å²) in [5.41, 5.74) is 6.09. The molecular weight excluding hydrogens is 529 g/mol. The van der Waals surface area contributed by atoms with Gasteiger partial charge in [0, 0.05) is 17.5 Å². The first-order chi connectivity index (χ1) is 19.3. The second kappa shape index (κ2) is 10.2. The van der Waals surface area contributed by atoms with Gasteiger partial charge in [-0.1, -0.05) is 17.3 Å². The van der Waals surface area contributed by atoms with Gasteiger partial charge in [0.2, 0.25) is 6.23 Å². The van der Waals surface area contributed by atoms with Crippen LogP contribution in [0.1, 0.15) is 22.5 Å². The smallest absolute Gasteiger partial charge is 0.411 e. The lowest BCUT2D eigenvalue weighted by molar-refractivity contribution is -0.180. The van der Waals surface area contributed by atoms with Crippen LogP contribution in [-0.2, 0) is 22.5 Å². The van der Waals surface area contributed by atoms with Crippen LogP contribution >= 0.6 is 0 Å². The Kier molecular flexibility index (Phi) is 6.58. The molecule has 0 amide bonds. The molecule has 0 saturated heterocycles. The third-order valence-corrected chi connectivity index (χ3v) is 6.68. The molecule has 0 spiro atoms. The number of benzene rings is 2. The number of imidazole rings is 1. The highest BCUT2D eigenvalue weighted by atomic mass is 19.4. The molecule has 40 heavy (non-hydrogen) atoms. The van der Waals surface area contributed by atoms with E-state index in [2.05, 4.69) is 15.5 Å². The molecule has 6 rings (SSSR count). The van der Waals surface area contributed by atoms with Crippen LogP contribution < -0.4 is 14.8 Å². The SMILES string of the molecule is COc1ccc(Cn2ncc3c2-c2cc(OC)ccc2-n2cnc(C4=NOC(COCC(F)(F)F)N4)c2C3)cc1. The Bertz CT molecular complexity index is 1560. The fourth-order valence-corrected chi connectivity index (χ4v) is 4.85. The van der Waals surface area contributed by atoms with E-state index in [0.29, 0.717) is 30.2 Å². The van der Waals surface area contributed by atoms with Gasteiger partial charge in [-0.15, -0.1) is 0 Å². The fraction of sp³-hybridized carbons (Fsp3) is 0.296. The van der Waals surface area contributed by atoms with Crippen LogP contribution in [0.4, 0.5) is 13.2 Å². The molecular formula is C27H25F3N6O4. The van der Waals surface area contributed by atoms with Crippen molar-refractivity contribution in [2.45, 2.75) is 25.4 Å². The molecule has 0 radical (unpaired) electrons. The van der Waals surface area contributed by atoms with Crippen molar-refractivity contribution >= 4 is 5.84 Å². The lowest BCUT2D eigenvalue weighted by Gasteiger charge is -2.14. The Morgan fingerprint density at radius 2 is 1.85 bits per heavy atom. The highest BCUT2D eigenvalue weighted by Crippen LogP contribution is 2.38. The van der Waals surface area contributed by atoms with Gasteiger partial charge in [-0.05, 0) is 35.9 Å². The number of methoxy groups -OCH3 is 2. The molecule has 2 aliphatic rings. The molecule has 10 nitrogen and oxygen atoms in total. The van der Waals surface area contributed by atoms with Gasteiger partial charge in [-0.25, -0.2) is 4.98 Å². The van der Waals surface area contributed by atoms with Crippen LogP contribution in [0.5, 0.6) is 11.5 Å². The summed E-state index contributed by atoms with van der Waals surface area (Å²) in [7, 11) is 3.25. The first-order valence-electron chi connectivity index (χ1n) is 12.4. The maximum absolute atomic E-state index is 12.5. The Morgan fingerprint density at radius 3 is 2.60 bits per heavy atom. The van der Waals surface area contributed by atoms with Crippen LogP contribution in [0.15, 0.2) is 60.1 Å². The van der Waals surface area contributed by atoms with Gasteiger partial charge in [0.1, 0.15) is 36.7 Å². The summed E-state index contributed by atoms with van der Waals surface area (Å²) >= 11 is 0. The first-order valence-corrected chi connectivity index (χ1v) is 12.4. The maximum atomic E-state index is 12.5. The summed E-state index contributed by atoms with van der Waals surface area (Å²) in [6.07, 6.45) is -1.28. The van der Waals surface area contributed by atoms with Crippen molar-refractivity contribution in [1.29, 1.82) is 0 Å². The maximum Gasteiger partial charge on any atom is 0.411 e. The Morgan fingerprint density at radius 1 is 1.07 bits per heavy atom.